The first-order valence-corrected chi connectivity index (χ1v) is 8.44. The first-order chi connectivity index (χ1) is 12.9. The molecule has 138 valence electrons. The van der Waals surface area contributed by atoms with E-state index in [1.807, 2.05) is 18.2 Å². The maximum Gasteiger partial charge on any atom is 0.573 e. The van der Waals surface area contributed by atoms with Crippen molar-refractivity contribution in [1.82, 2.24) is 0 Å². The number of aryl methyl sites for hydroxylation is 1. The van der Waals surface area contributed by atoms with Gasteiger partial charge < -0.3 is 4.74 Å². The minimum absolute atomic E-state index is 0.237. The lowest BCUT2D eigenvalue weighted by atomic mass is 10.0. The summed E-state index contributed by atoms with van der Waals surface area (Å²) < 4.78 is 55.0. The Kier molecular flexibility index (Phi) is 5.36. The van der Waals surface area contributed by atoms with Crippen molar-refractivity contribution in [3.63, 3.8) is 0 Å². The number of ether oxygens (including phenoxy) is 1. The number of benzene rings is 3. The van der Waals surface area contributed by atoms with E-state index in [-0.39, 0.29) is 11.3 Å². The summed E-state index contributed by atoms with van der Waals surface area (Å²) in [5, 5.41) is 1.31. The molecule has 0 unspecified atom stereocenters. The van der Waals surface area contributed by atoms with Gasteiger partial charge in [0, 0.05) is 10.9 Å². The van der Waals surface area contributed by atoms with Crippen LogP contribution in [0.15, 0.2) is 54.6 Å². The molecule has 3 rings (SSSR count). The third kappa shape index (κ3) is 4.79. The molecular formula is C22H16F4O. The van der Waals surface area contributed by atoms with Crippen LogP contribution in [0.5, 0.6) is 5.75 Å². The lowest BCUT2D eigenvalue weighted by molar-refractivity contribution is -0.274. The van der Waals surface area contributed by atoms with Crippen molar-refractivity contribution in [2.24, 2.45) is 0 Å². The molecule has 0 aliphatic carbocycles. The maximum absolute atomic E-state index is 14.7. The Bertz CT molecular complexity index is 1010. The van der Waals surface area contributed by atoms with Crippen molar-refractivity contribution in [2.75, 3.05) is 0 Å². The molecule has 5 heteroatoms. The zero-order chi connectivity index (χ0) is 19.4. The molecule has 0 aromatic heterocycles. The fourth-order valence-electron chi connectivity index (χ4n) is 2.76. The molecule has 0 bridgehead atoms. The van der Waals surface area contributed by atoms with Gasteiger partial charge in [0.05, 0.1) is 5.56 Å². The summed E-state index contributed by atoms with van der Waals surface area (Å²) in [6.07, 6.45) is -2.78. The number of hydrogen-bond donors (Lipinski definition) is 0. The summed E-state index contributed by atoms with van der Waals surface area (Å²) in [6, 6.07) is 14.2. The largest absolute Gasteiger partial charge is 0.573 e. The van der Waals surface area contributed by atoms with E-state index in [9.17, 15) is 17.6 Å². The second-order valence-corrected chi connectivity index (χ2v) is 6.05. The minimum atomic E-state index is -4.74. The first-order valence-electron chi connectivity index (χ1n) is 8.44. The van der Waals surface area contributed by atoms with Gasteiger partial charge in [0.1, 0.15) is 11.6 Å². The van der Waals surface area contributed by atoms with Crippen LogP contribution < -0.4 is 4.74 Å². The van der Waals surface area contributed by atoms with Crippen LogP contribution in [-0.2, 0) is 6.42 Å². The molecular weight excluding hydrogens is 356 g/mol. The highest BCUT2D eigenvalue weighted by Crippen LogP contribution is 2.24. The Morgan fingerprint density at radius 2 is 1.67 bits per heavy atom. The molecule has 0 heterocycles. The predicted octanol–water partition coefficient (Wildman–Crippen LogP) is 6.23. The van der Waals surface area contributed by atoms with Crippen LogP contribution >= 0.6 is 0 Å². The standard InChI is InChI=1S/C22H16F4O/c1-2-3-16-7-13-20-18(14-16)10-9-17(21(20)23)8-4-15-5-11-19(12-6-15)27-22(24,25)26/h5-7,9-14H,2-3H2,1H3. The molecule has 0 spiro atoms. The van der Waals surface area contributed by atoms with Crippen LogP contribution in [0.3, 0.4) is 0 Å². The topological polar surface area (TPSA) is 9.23 Å². The summed E-state index contributed by atoms with van der Waals surface area (Å²) in [6.45, 7) is 2.09. The quantitative estimate of drug-likeness (QED) is 0.391. The highest BCUT2D eigenvalue weighted by Gasteiger charge is 2.30. The number of rotatable bonds is 3. The lowest BCUT2D eigenvalue weighted by Gasteiger charge is -2.08. The highest BCUT2D eigenvalue weighted by atomic mass is 19.4. The van der Waals surface area contributed by atoms with E-state index >= 15 is 0 Å². The van der Waals surface area contributed by atoms with E-state index < -0.39 is 12.2 Å². The van der Waals surface area contributed by atoms with Gasteiger partial charge >= 0.3 is 6.36 Å². The fourth-order valence-corrected chi connectivity index (χ4v) is 2.76. The first kappa shape index (κ1) is 18.8. The average Bonchev–Trinajstić information content (AvgIpc) is 2.61. The number of hydrogen-bond acceptors (Lipinski definition) is 1. The van der Waals surface area contributed by atoms with E-state index in [4.69, 9.17) is 0 Å². The second kappa shape index (κ2) is 7.71. The van der Waals surface area contributed by atoms with E-state index in [0.29, 0.717) is 10.9 Å². The smallest absolute Gasteiger partial charge is 0.406 e. The highest BCUT2D eigenvalue weighted by molar-refractivity contribution is 5.85. The van der Waals surface area contributed by atoms with Crippen molar-refractivity contribution in [3.05, 3.63) is 77.1 Å². The molecule has 0 fully saturated rings. The Hall–Kier alpha value is -3.00. The Labute approximate surface area is 154 Å². The summed E-state index contributed by atoms with van der Waals surface area (Å²) in [5.41, 5.74) is 1.85. The third-order valence-electron chi connectivity index (χ3n) is 3.99. The number of alkyl halides is 3. The lowest BCUT2D eigenvalue weighted by Crippen LogP contribution is -2.16. The van der Waals surface area contributed by atoms with Crippen molar-refractivity contribution >= 4 is 10.8 Å². The van der Waals surface area contributed by atoms with Gasteiger partial charge in [-0.25, -0.2) is 4.39 Å². The summed E-state index contributed by atoms with van der Waals surface area (Å²) in [7, 11) is 0. The van der Waals surface area contributed by atoms with Crippen LogP contribution in [0.25, 0.3) is 10.8 Å². The summed E-state index contributed by atoms with van der Waals surface area (Å²) in [4.78, 5) is 0. The molecule has 0 aliphatic heterocycles. The molecule has 0 aliphatic rings. The molecule has 0 atom stereocenters. The van der Waals surface area contributed by atoms with Crippen LogP contribution in [0.2, 0.25) is 0 Å². The van der Waals surface area contributed by atoms with Gasteiger partial charge in [-0.1, -0.05) is 49.5 Å². The molecule has 3 aromatic carbocycles. The maximum atomic E-state index is 14.7. The zero-order valence-corrected chi connectivity index (χ0v) is 14.5. The molecule has 0 amide bonds. The Morgan fingerprint density at radius 3 is 2.33 bits per heavy atom. The van der Waals surface area contributed by atoms with E-state index in [1.165, 1.54) is 24.3 Å². The van der Waals surface area contributed by atoms with Crippen molar-refractivity contribution in [3.8, 4) is 17.6 Å². The Balaban J connectivity index is 1.85. The summed E-state index contributed by atoms with van der Waals surface area (Å²) in [5.74, 6) is 4.77. The molecule has 0 saturated carbocycles. The van der Waals surface area contributed by atoms with Crippen LogP contribution in [0.4, 0.5) is 17.6 Å². The van der Waals surface area contributed by atoms with Crippen LogP contribution in [0, 0.1) is 17.7 Å². The number of halogens is 4. The molecule has 27 heavy (non-hydrogen) atoms. The van der Waals surface area contributed by atoms with E-state index in [0.717, 1.165) is 23.8 Å². The van der Waals surface area contributed by atoms with Crippen molar-refractivity contribution in [1.29, 1.82) is 0 Å². The van der Waals surface area contributed by atoms with Crippen LogP contribution in [0.1, 0.15) is 30.0 Å². The third-order valence-corrected chi connectivity index (χ3v) is 3.99. The molecule has 1 nitrogen and oxygen atoms in total. The normalized spacial score (nSPS) is 11.1. The number of fused-ring (bicyclic) bond motifs is 1. The van der Waals surface area contributed by atoms with Gasteiger partial charge in [0.25, 0.3) is 0 Å². The minimum Gasteiger partial charge on any atom is -0.406 e. The zero-order valence-electron chi connectivity index (χ0n) is 14.5. The van der Waals surface area contributed by atoms with Crippen LogP contribution in [-0.4, -0.2) is 6.36 Å². The average molecular weight is 372 g/mol. The van der Waals surface area contributed by atoms with E-state index in [1.54, 1.807) is 12.1 Å². The molecule has 0 N–H and O–H groups in total. The molecule has 0 saturated heterocycles. The van der Waals surface area contributed by atoms with E-state index in [2.05, 4.69) is 23.5 Å². The van der Waals surface area contributed by atoms with Gasteiger partial charge in [-0.3, -0.25) is 0 Å². The monoisotopic (exact) mass is 372 g/mol. The van der Waals surface area contributed by atoms with Gasteiger partial charge in [-0.2, -0.15) is 0 Å². The Morgan fingerprint density at radius 1 is 0.926 bits per heavy atom. The summed E-state index contributed by atoms with van der Waals surface area (Å²) >= 11 is 0. The van der Waals surface area contributed by atoms with Crippen molar-refractivity contribution in [2.45, 2.75) is 26.1 Å². The van der Waals surface area contributed by atoms with Gasteiger partial charge in [0.15, 0.2) is 0 Å². The van der Waals surface area contributed by atoms with Gasteiger partial charge in [0.2, 0.25) is 0 Å². The predicted molar refractivity (Wildman–Crippen MR) is 97.0 cm³/mol. The second-order valence-electron chi connectivity index (χ2n) is 6.05. The molecule has 3 aromatic rings. The molecule has 0 radical (unpaired) electrons. The fraction of sp³-hybridized carbons (Fsp3) is 0.182. The SMILES string of the molecule is CCCc1ccc2c(F)c(C#Cc3ccc(OC(F)(F)F)cc3)ccc2c1. The van der Waals surface area contributed by atoms with Crippen molar-refractivity contribution < 1.29 is 22.3 Å². The van der Waals surface area contributed by atoms with Gasteiger partial charge in [-0.05, 0) is 47.7 Å². The van der Waals surface area contributed by atoms with Gasteiger partial charge in [-0.15, -0.1) is 13.2 Å².